The van der Waals surface area contributed by atoms with E-state index in [4.69, 9.17) is 10.5 Å². The van der Waals surface area contributed by atoms with Gasteiger partial charge < -0.3 is 10.5 Å². The fourth-order valence-corrected chi connectivity index (χ4v) is 1.58. The topological polar surface area (TPSA) is 66.0 Å². The highest BCUT2D eigenvalue weighted by Crippen LogP contribution is 2.30. The molecule has 17 heavy (non-hydrogen) atoms. The first kappa shape index (κ1) is 10.1. The molecule has 2 aromatic rings. The number of nitrogens with two attached hydrogens (primary N) is 1. The van der Waals surface area contributed by atoms with Gasteiger partial charge in [-0.25, -0.2) is 4.98 Å². The Balaban J connectivity index is 1.83. The molecule has 0 amide bonds. The SMILES string of the molecule is Nc1ccc(-n2ccnc2)nc1OCC1CC1. The fraction of sp³-hybridized carbons (Fsp3) is 0.333. The van der Waals surface area contributed by atoms with E-state index in [0.29, 0.717) is 24.1 Å². The van der Waals surface area contributed by atoms with Crippen LogP contribution in [0.3, 0.4) is 0 Å². The average Bonchev–Trinajstić information content (AvgIpc) is 3.00. The molecule has 2 aromatic heterocycles. The average molecular weight is 230 g/mol. The van der Waals surface area contributed by atoms with Crippen molar-refractivity contribution in [1.82, 2.24) is 14.5 Å². The van der Waals surface area contributed by atoms with E-state index in [-0.39, 0.29) is 0 Å². The van der Waals surface area contributed by atoms with Gasteiger partial charge in [-0.1, -0.05) is 0 Å². The highest BCUT2D eigenvalue weighted by atomic mass is 16.5. The molecule has 0 aromatic carbocycles. The summed E-state index contributed by atoms with van der Waals surface area (Å²) in [6.07, 6.45) is 7.75. The molecule has 2 heterocycles. The zero-order chi connectivity index (χ0) is 11.7. The number of nitrogen functional groups attached to an aromatic ring is 1. The van der Waals surface area contributed by atoms with Crippen molar-refractivity contribution in [2.45, 2.75) is 12.8 Å². The van der Waals surface area contributed by atoms with Gasteiger partial charge in [0.15, 0.2) is 0 Å². The van der Waals surface area contributed by atoms with Crippen molar-refractivity contribution >= 4 is 5.69 Å². The number of imidazole rings is 1. The van der Waals surface area contributed by atoms with Crippen LogP contribution in [0.5, 0.6) is 5.88 Å². The third-order valence-corrected chi connectivity index (χ3v) is 2.80. The van der Waals surface area contributed by atoms with Crippen LogP contribution in [0.2, 0.25) is 0 Å². The van der Waals surface area contributed by atoms with Gasteiger partial charge in [0.1, 0.15) is 12.1 Å². The Morgan fingerprint density at radius 2 is 2.29 bits per heavy atom. The minimum absolute atomic E-state index is 0.517. The summed E-state index contributed by atoms with van der Waals surface area (Å²) in [6, 6.07) is 3.66. The Morgan fingerprint density at radius 1 is 1.41 bits per heavy atom. The largest absolute Gasteiger partial charge is 0.476 e. The molecular formula is C12H14N4O. The minimum Gasteiger partial charge on any atom is -0.476 e. The van der Waals surface area contributed by atoms with Crippen LogP contribution in [0.25, 0.3) is 5.82 Å². The Kier molecular flexibility index (Phi) is 2.44. The molecular weight excluding hydrogens is 216 g/mol. The van der Waals surface area contributed by atoms with Crippen LogP contribution >= 0.6 is 0 Å². The molecule has 5 heteroatoms. The quantitative estimate of drug-likeness (QED) is 0.867. The van der Waals surface area contributed by atoms with E-state index < -0.39 is 0 Å². The molecule has 1 aliphatic rings. The molecule has 0 saturated heterocycles. The predicted octanol–water partition coefficient (Wildman–Crippen LogP) is 1.64. The van der Waals surface area contributed by atoms with E-state index in [0.717, 1.165) is 5.82 Å². The molecule has 0 bridgehead atoms. The summed E-state index contributed by atoms with van der Waals surface area (Å²) in [7, 11) is 0. The number of rotatable bonds is 4. The van der Waals surface area contributed by atoms with E-state index in [9.17, 15) is 0 Å². The van der Waals surface area contributed by atoms with Gasteiger partial charge in [-0.05, 0) is 30.9 Å². The molecule has 2 N–H and O–H groups in total. The summed E-state index contributed by atoms with van der Waals surface area (Å²) in [5, 5.41) is 0. The number of aromatic nitrogens is 3. The van der Waals surface area contributed by atoms with E-state index in [1.807, 2.05) is 22.9 Å². The summed E-state index contributed by atoms with van der Waals surface area (Å²) < 4.78 is 7.45. The van der Waals surface area contributed by atoms with Gasteiger partial charge in [0.05, 0.1) is 12.3 Å². The lowest BCUT2D eigenvalue weighted by Crippen LogP contribution is -2.05. The Labute approximate surface area is 99.3 Å². The van der Waals surface area contributed by atoms with Gasteiger partial charge in [0, 0.05) is 12.4 Å². The second-order valence-electron chi connectivity index (χ2n) is 4.29. The molecule has 1 fully saturated rings. The van der Waals surface area contributed by atoms with Crippen molar-refractivity contribution in [3.8, 4) is 11.7 Å². The van der Waals surface area contributed by atoms with Crippen molar-refractivity contribution < 1.29 is 4.74 Å². The number of anilines is 1. The maximum atomic E-state index is 5.84. The first-order valence-corrected chi connectivity index (χ1v) is 5.70. The van der Waals surface area contributed by atoms with Gasteiger partial charge in [-0.15, -0.1) is 0 Å². The van der Waals surface area contributed by atoms with Crippen LogP contribution < -0.4 is 10.5 Å². The van der Waals surface area contributed by atoms with Gasteiger partial charge >= 0.3 is 0 Å². The lowest BCUT2D eigenvalue weighted by Gasteiger charge is -2.09. The summed E-state index contributed by atoms with van der Waals surface area (Å²) in [5.74, 6) is 1.97. The van der Waals surface area contributed by atoms with Crippen molar-refractivity contribution in [1.29, 1.82) is 0 Å². The van der Waals surface area contributed by atoms with Crippen LogP contribution in [0.4, 0.5) is 5.69 Å². The van der Waals surface area contributed by atoms with Gasteiger partial charge in [-0.3, -0.25) is 4.57 Å². The zero-order valence-corrected chi connectivity index (χ0v) is 9.41. The smallest absolute Gasteiger partial charge is 0.239 e. The second kappa shape index (κ2) is 4.08. The van der Waals surface area contributed by atoms with E-state index in [1.165, 1.54) is 12.8 Å². The first-order valence-electron chi connectivity index (χ1n) is 5.70. The molecule has 1 aliphatic carbocycles. The normalized spacial score (nSPS) is 14.8. The number of nitrogens with zero attached hydrogens (tertiary/aromatic N) is 3. The summed E-state index contributed by atoms with van der Waals surface area (Å²) >= 11 is 0. The van der Waals surface area contributed by atoms with Crippen LogP contribution in [0.15, 0.2) is 30.9 Å². The highest BCUT2D eigenvalue weighted by molar-refractivity contribution is 5.50. The Hall–Kier alpha value is -2.04. The van der Waals surface area contributed by atoms with E-state index in [1.54, 1.807) is 12.5 Å². The van der Waals surface area contributed by atoms with Gasteiger partial charge in [0.25, 0.3) is 0 Å². The lowest BCUT2D eigenvalue weighted by atomic mass is 10.4. The summed E-state index contributed by atoms with van der Waals surface area (Å²) in [6.45, 7) is 0.713. The molecule has 0 radical (unpaired) electrons. The third kappa shape index (κ3) is 2.22. The molecule has 0 unspecified atom stereocenters. The van der Waals surface area contributed by atoms with Crippen LogP contribution in [0, 0.1) is 5.92 Å². The summed E-state index contributed by atoms with van der Waals surface area (Å²) in [4.78, 5) is 8.38. The van der Waals surface area contributed by atoms with Crippen molar-refractivity contribution in [2.24, 2.45) is 5.92 Å². The zero-order valence-electron chi connectivity index (χ0n) is 9.41. The maximum Gasteiger partial charge on any atom is 0.239 e. The minimum atomic E-state index is 0.517. The highest BCUT2D eigenvalue weighted by Gasteiger charge is 2.22. The molecule has 0 spiro atoms. The van der Waals surface area contributed by atoms with Crippen LogP contribution in [0.1, 0.15) is 12.8 Å². The number of hydrogen-bond acceptors (Lipinski definition) is 4. The van der Waals surface area contributed by atoms with Crippen LogP contribution in [-0.2, 0) is 0 Å². The summed E-state index contributed by atoms with van der Waals surface area (Å²) in [5.41, 5.74) is 6.42. The second-order valence-corrected chi connectivity index (χ2v) is 4.29. The van der Waals surface area contributed by atoms with Gasteiger partial charge in [-0.2, -0.15) is 4.98 Å². The van der Waals surface area contributed by atoms with Crippen molar-refractivity contribution in [3.63, 3.8) is 0 Å². The number of pyridine rings is 1. The standard InChI is InChI=1S/C12H14N4O/c13-10-3-4-11(16-6-5-14-8-16)15-12(10)17-7-9-1-2-9/h3-6,8-9H,1-2,7,13H2. The van der Waals surface area contributed by atoms with Gasteiger partial charge in [0.2, 0.25) is 5.88 Å². The third-order valence-electron chi connectivity index (χ3n) is 2.80. The molecule has 0 aliphatic heterocycles. The van der Waals surface area contributed by atoms with Crippen molar-refractivity contribution in [3.05, 3.63) is 30.9 Å². The van der Waals surface area contributed by atoms with Crippen LogP contribution in [-0.4, -0.2) is 21.1 Å². The molecule has 0 atom stereocenters. The fourth-order valence-electron chi connectivity index (χ4n) is 1.58. The molecule has 1 saturated carbocycles. The lowest BCUT2D eigenvalue weighted by molar-refractivity contribution is 0.290. The molecule has 3 rings (SSSR count). The first-order chi connectivity index (χ1) is 8.33. The Bertz CT molecular complexity index is 505. The van der Waals surface area contributed by atoms with Crippen molar-refractivity contribution in [2.75, 3.05) is 12.3 Å². The number of hydrogen-bond donors (Lipinski definition) is 1. The molecule has 88 valence electrons. The Morgan fingerprint density at radius 3 is 3.00 bits per heavy atom. The van der Waals surface area contributed by atoms with E-state index in [2.05, 4.69) is 9.97 Å². The monoisotopic (exact) mass is 230 g/mol. The van der Waals surface area contributed by atoms with E-state index >= 15 is 0 Å². The molecule has 5 nitrogen and oxygen atoms in total. The maximum absolute atomic E-state index is 5.84. The number of ether oxygens (including phenoxy) is 1. The predicted molar refractivity (Wildman–Crippen MR) is 64.0 cm³/mol.